The first-order chi connectivity index (χ1) is 11.2. The predicted molar refractivity (Wildman–Crippen MR) is 86.5 cm³/mol. The molecule has 0 fully saturated rings. The first-order valence-electron chi connectivity index (χ1n) is 7.41. The molecule has 1 N–H and O–H groups in total. The van der Waals surface area contributed by atoms with Crippen LogP contribution in [0.5, 0.6) is 0 Å². The van der Waals surface area contributed by atoms with E-state index >= 15 is 0 Å². The zero-order valence-electron chi connectivity index (χ0n) is 12.8. The fourth-order valence-electron chi connectivity index (χ4n) is 2.24. The Bertz CT molecular complexity index is 797. The molecule has 0 unspecified atom stereocenters. The van der Waals surface area contributed by atoms with Crippen LogP contribution in [0.15, 0.2) is 59.0 Å². The second-order valence-electron chi connectivity index (χ2n) is 5.25. The van der Waals surface area contributed by atoms with Gasteiger partial charge in [0, 0.05) is 5.56 Å². The molecular weight excluding hydrogens is 290 g/mol. The number of carbonyl (C=O) groups is 1. The molecule has 3 rings (SSSR count). The number of amides is 1. The number of nitrogens with one attached hydrogen (secondary N) is 1. The molecule has 1 amide bonds. The van der Waals surface area contributed by atoms with E-state index in [1.165, 1.54) is 0 Å². The smallest absolute Gasteiger partial charge is 0.247 e. The standard InChI is InChI=1S/C18H17N3O2/c1-13-7-5-6-10-15(13)11-16(22)19-12-17-20-21-18(23-17)14-8-3-2-4-9-14/h2-10H,11-12H2,1H3,(H,19,22). The summed E-state index contributed by atoms with van der Waals surface area (Å²) in [4.78, 5) is 12.0. The summed E-state index contributed by atoms with van der Waals surface area (Å²) >= 11 is 0. The molecule has 0 spiro atoms. The maximum atomic E-state index is 12.0. The lowest BCUT2D eigenvalue weighted by Gasteiger charge is -2.05. The minimum atomic E-state index is -0.0706. The quantitative estimate of drug-likeness (QED) is 0.787. The summed E-state index contributed by atoms with van der Waals surface area (Å²) in [5.41, 5.74) is 2.98. The number of rotatable bonds is 5. The topological polar surface area (TPSA) is 68.0 Å². The third kappa shape index (κ3) is 3.83. The van der Waals surface area contributed by atoms with Crippen molar-refractivity contribution in [3.63, 3.8) is 0 Å². The summed E-state index contributed by atoms with van der Waals surface area (Å²) in [6.45, 7) is 2.22. The van der Waals surface area contributed by atoms with Crippen molar-refractivity contribution in [1.82, 2.24) is 15.5 Å². The Labute approximate surface area is 134 Å². The lowest BCUT2D eigenvalue weighted by Crippen LogP contribution is -2.25. The highest BCUT2D eigenvalue weighted by molar-refractivity contribution is 5.78. The number of carbonyl (C=O) groups excluding carboxylic acids is 1. The second kappa shape index (κ2) is 6.87. The van der Waals surface area contributed by atoms with Gasteiger partial charge in [-0.1, -0.05) is 42.5 Å². The number of aromatic nitrogens is 2. The van der Waals surface area contributed by atoms with E-state index in [4.69, 9.17) is 4.42 Å². The number of hydrogen-bond donors (Lipinski definition) is 1. The van der Waals surface area contributed by atoms with Crippen molar-refractivity contribution in [2.45, 2.75) is 19.9 Å². The monoisotopic (exact) mass is 307 g/mol. The highest BCUT2D eigenvalue weighted by Gasteiger charge is 2.10. The van der Waals surface area contributed by atoms with Gasteiger partial charge in [0.05, 0.1) is 13.0 Å². The van der Waals surface area contributed by atoms with Crippen molar-refractivity contribution < 1.29 is 9.21 Å². The van der Waals surface area contributed by atoms with E-state index in [-0.39, 0.29) is 12.5 Å². The van der Waals surface area contributed by atoms with Gasteiger partial charge >= 0.3 is 0 Å². The highest BCUT2D eigenvalue weighted by atomic mass is 16.4. The van der Waals surface area contributed by atoms with E-state index in [1.54, 1.807) is 0 Å². The maximum Gasteiger partial charge on any atom is 0.247 e. The third-order valence-corrected chi connectivity index (χ3v) is 3.54. The van der Waals surface area contributed by atoms with Crippen LogP contribution in [-0.4, -0.2) is 16.1 Å². The molecule has 1 heterocycles. The van der Waals surface area contributed by atoms with Gasteiger partial charge in [0.25, 0.3) is 0 Å². The minimum absolute atomic E-state index is 0.0706. The van der Waals surface area contributed by atoms with Gasteiger partial charge < -0.3 is 9.73 Å². The van der Waals surface area contributed by atoms with E-state index in [2.05, 4.69) is 15.5 Å². The fraction of sp³-hybridized carbons (Fsp3) is 0.167. The summed E-state index contributed by atoms with van der Waals surface area (Å²) in [7, 11) is 0. The van der Waals surface area contributed by atoms with Crippen molar-refractivity contribution in [2.75, 3.05) is 0 Å². The van der Waals surface area contributed by atoms with Crippen LogP contribution >= 0.6 is 0 Å². The van der Waals surface area contributed by atoms with Crippen LogP contribution < -0.4 is 5.32 Å². The van der Waals surface area contributed by atoms with Crippen molar-refractivity contribution in [1.29, 1.82) is 0 Å². The largest absolute Gasteiger partial charge is 0.419 e. The highest BCUT2D eigenvalue weighted by Crippen LogP contribution is 2.16. The Balaban J connectivity index is 1.58. The first-order valence-corrected chi connectivity index (χ1v) is 7.41. The Kier molecular flexibility index (Phi) is 4.47. The number of aryl methyl sites for hydroxylation is 1. The lowest BCUT2D eigenvalue weighted by molar-refractivity contribution is -0.120. The number of hydrogen-bond acceptors (Lipinski definition) is 4. The van der Waals surface area contributed by atoms with Gasteiger partial charge in [-0.2, -0.15) is 0 Å². The molecule has 5 heteroatoms. The molecular formula is C18H17N3O2. The third-order valence-electron chi connectivity index (χ3n) is 3.54. The molecule has 3 aromatic rings. The van der Waals surface area contributed by atoms with E-state index in [9.17, 15) is 4.79 Å². The van der Waals surface area contributed by atoms with Gasteiger partial charge in [0.1, 0.15) is 0 Å². The van der Waals surface area contributed by atoms with E-state index < -0.39 is 0 Å². The summed E-state index contributed by atoms with van der Waals surface area (Å²) < 4.78 is 5.56. The van der Waals surface area contributed by atoms with Crippen molar-refractivity contribution in [3.8, 4) is 11.5 Å². The Morgan fingerprint density at radius 2 is 1.78 bits per heavy atom. The normalized spacial score (nSPS) is 10.5. The molecule has 0 aliphatic carbocycles. The average molecular weight is 307 g/mol. The number of benzene rings is 2. The predicted octanol–water partition coefficient (Wildman–Crippen LogP) is 2.90. The zero-order valence-corrected chi connectivity index (χ0v) is 12.8. The SMILES string of the molecule is Cc1ccccc1CC(=O)NCc1nnc(-c2ccccc2)o1. The number of nitrogens with zero attached hydrogens (tertiary/aromatic N) is 2. The summed E-state index contributed by atoms with van der Waals surface area (Å²) in [5.74, 6) is 0.773. The van der Waals surface area contributed by atoms with Crippen molar-refractivity contribution in [3.05, 3.63) is 71.6 Å². The molecule has 0 aliphatic rings. The van der Waals surface area contributed by atoms with Crippen LogP contribution in [0.4, 0.5) is 0 Å². The van der Waals surface area contributed by atoms with Crippen LogP contribution in [0.3, 0.4) is 0 Å². The van der Waals surface area contributed by atoms with Crippen LogP contribution in [0.2, 0.25) is 0 Å². The molecule has 0 atom stereocenters. The molecule has 0 saturated heterocycles. The van der Waals surface area contributed by atoms with Gasteiger partial charge in [0.15, 0.2) is 0 Å². The lowest BCUT2D eigenvalue weighted by atomic mass is 10.1. The molecule has 0 bridgehead atoms. The molecule has 0 saturated carbocycles. The van der Waals surface area contributed by atoms with E-state index in [1.807, 2.05) is 61.5 Å². The van der Waals surface area contributed by atoms with Gasteiger partial charge in [-0.3, -0.25) is 4.79 Å². The Hall–Kier alpha value is -2.95. The zero-order chi connectivity index (χ0) is 16.1. The van der Waals surface area contributed by atoms with E-state index in [0.29, 0.717) is 18.2 Å². The summed E-state index contributed by atoms with van der Waals surface area (Å²) in [6.07, 6.45) is 0.340. The van der Waals surface area contributed by atoms with Gasteiger partial charge in [-0.15, -0.1) is 10.2 Å². The van der Waals surface area contributed by atoms with Crippen LogP contribution in [0.25, 0.3) is 11.5 Å². The Morgan fingerprint density at radius 1 is 1.04 bits per heavy atom. The molecule has 5 nitrogen and oxygen atoms in total. The maximum absolute atomic E-state index is 12.0. The molecule has 2 aromatic carbocycles. The van der Waals surface area contributed by atoms with Crippen molar-refractivity contribution >= 4 is 5.91 Å². The van der Waals surface area contributed by atoms with Crippen LogP contribution in [0, 0.1) is 6.92 Å². The first kappa shape index (κ1) is 15.0. The fourth-order valence-corrected chi connectivity index (χ4v) is 2.24. The van der Waals surface area contributed by atoms with Gasteiger partial charge in [-0.05, 0) is 30.2 Å². The van der Waals surface area contributed by atoms with E-state index in [0.717, 1.165) is 16.7 Å². The summed E-state index contributed by atoms with van der Waals surface area (Å²) in [5, 5.41) is 10.8. The molecule has 0 aliphatic heterocycles. The average Bonchev–Trinajstić information content (AvgIpc) is 3.05. The second-order valence-corrected chi connectivity index (χ2v) is 5.25. The Morgan fingerprint density at radius 3 is 2.57 bits per heavy atom. The molecule has 23 heavy (non-hydrogen) atoms. The van der Waals surface area contributed by atoms with Gasteiger partial charge in [-0.25, -0.2) is 0 Å². The summed E-state index contributed by atoms with van der Waals surface area (Å²) in [6, 6.07) is 17.4. The molecule has 116 valence electrons. The van der Waals surface area contributed by atoms with Crippen molar-refractivity contribution in [2.24, 2.45) is 0 Å². The van der Waals surface area contributed by atoms with Crippen LogP contribution in [-0.2, 0) is 17.8 Å². The minimum Gasteiger partial charge on any atom is -0.419 e. The van der Waals surface area contributed by atoms with Crippen LogP contribution in [0.1, 0.15) is 17.0 Å². The molecule has 0 radical (unpaired) electrons. The van der Waals surface area contributed by atoms with Gasteiger partial charge in [0.2, 0.25) is 17.7 Å². The molecule has 1 aromatic heterocycles.